The van der Waals surface area contributed by atoms with Gasteiger partial charge in [0.05, 0.1) is 18.7 Å². The number of fused-ring (bicyclic) bond motifs is 1. The molecule has 0 saturated heterocycles. The van der Waals surface area contributed by atoms with Crippen molar-refractivity contribution in [1.29, 1.82) is 0 Å². The minimum atomic E-state index is -0.451. The maximum Gasteiger partial charge on any atom is 0.338 e. The van der Waals surface area contributed by atoms with Crippen molar-refractivity contribution in [2.24, 2.45) is 0 Å². The van der Waals surface area contributed by atoms with Gasteiger partial charge in [-0.15, -0.1) is 11.3 Å². The fourth-order valence-corrected chi connectivity index (χ4v) is 2.98. The Kier molecular flexibility index (Phi) is 3.53. The molecule has 0 aliphatic heterocycles. The lowest BCUT2D eigenvalue weighted by Crippen LogP contribution is -1.95. The van der Waals surface area contributed by atoms with E-state index in [1.54, 1.807) is 23.7 Å². The Bertz CT molecular complexity index is 803. The Morgan fingerprint density at radius 2 is 2.00 bits per heavy atom. The van der Waals surface area contributed by atoms with E-state index in [-0.39, 0.29) is 11.4 Å². The SMILES string of the molecule is O=[N+]([O-])c1c(Oc2ccccc2I)ccc2scnc12. The molecule has 3 rings (SSSR count). The largest absolute Gasteiger partial charge is 0.449 e. The number of thiazole rings is 1. The lowest BCUT2D eigenvalue weighted by atomic mass is 10.2. The fourth-order valence-electron chi connectivity index (χ4n) is 1.80. The van der Waals surface area contributed by atoms with Crippen LogP contribution in [0.3, 0.4) is 0 Å². The summed E-state index contributed by atoms with van der Waals surface area (Å²) in [6.07, 6.45) is 0. The molecule has 0 radical (unpaired) electrons. The summed E-state index contributed by atoms with van der Waals surface area (Å²) in [4.78, 5) is 14.9. The van der Waals surface area contributed by atoms with Gasteiger partial charge in [-0.1, -0.05) is 12.1 Å². The molecule has 0 spiro atoms. The molecule has 100 valence electrons. The number of nitro groups is 1. The predicted molar refractivity (Wildman–Crippen MR) is 85.5 cm³/mol. The minimum Gasteiger partial charge on any atom is -0.449 e. The molecule has 1 heterocycles. The van der Waals surface area contributed by atoms with Gasteiger partial charge in [0.25, 0.3) is 0 Å². The van der Waals surface area contributed by atoms with Gasteiger partial charge in [0.1, 0.15) is 5.75 Å². The van der Waals surface area contributed by atoms with Crippen LogP contribution in [-0.4, -0.2) is 9.91 Å². The van der Waals surface area contributed by atoms with Crippen molar-refractivity contribution in [3.8, 4) is 11.5 Å². The molecule has 0 amide bonds. The highest BCUT2D eigenvalue weighted by atomic mass is 127. The molecule has 0 saturated carbocycles. The normalized spacial score (nSPS) is 10.7. The van der Waals surface area contributed by atoms with Gasteiger partial charge in [0, 0.05) is 0 Å². The molecule has 0 aliphatic carbocycles. The van der Waals surface area contributed by atoms with Crippen LogP contribution >= 0.6 is 33.9 Å². The van der Waals surface area contributed by atoms with Crippen molar-refractivity contribution in [2.45, 2.75) is 0 Å². The lowest BCUT2D eigenvalue weighted by molar-refractivity contribution is -0.384. The number of halogens is 1. The van der Waals surface area contributed by atoms with Gasteiger partial charge in [-0.25, -0.2) is 4.98 Å². The third-order valence-electron chi connectivity index (χ3n) is 2.68. The van der Waals surface area contributed by atoms with Crippen LogP contribution in [0.5, 0.6) is 11.5 Å². The number of nitrogens with zero attached hydrogens (tertiary/aromatic N) is 2. The third-order valence-corrected chi connectivity index (χ3v) is 4.36. The number of para-hydroxylation sites is 1. The average Bonchev–Trinajstić information content (AvgIpc) is 2.88. The van der Waals surface area contributed by atoms with Gasteiger partial charge in [-0.05, 0) is 46.9 Å². The summed E-state index contributed by atoms with van der Waals surface area (Å²) in [5.74, 6) is 0.795. The van der Waals surface area contributed by atoms with Crippen LogP contribution in [0.1, 0.15) is 0 Å². The third kappa shape index (κ3) is 2.34. The van der Waals surface area contributed by atoms with Crippen LogP contribution in [0.2, 0.25) is 0 Å². The first-order valence-electron chi connectivity index (χ1n) is 5.60. The summed E-state index contributed by atoms with van der Waals surface area (Å²) in [7, 11) is 0. The second-order valence-corrected chi connectivity index (χ2v) is 5.95. The standard InChI is InChI=1S/C13H7IN2O3S/c14-8-3-1-2-4-9(8)19-10-5-6-11-12(15-7-20-11)13(10)16(17)18/h1-7H. The van der Waals surface area contributed by atoms with Gasteiger partial charge in [-0.3, -0.25) is 10.1 Å². The molecule has 20 heavy (non-hydrogen) atoms. The first-order valence-corrected chi connectivity index (χ1v) is 7.55. The van der Waals surface area contributed by atoms with Crippen LogP contribution in [-0.2, 0) is 0 Å². The van der Waals surface area contributed by atoms with E-state index >= 15 is 0 Å². The Labute approximate surface area is 131 Å². The van der Waals surface area contributed by atoms with Crippen molar-refractivity contribution in [2.75, 3.05) is 0 Å². The van der Waals surface area contributed by atoms with E-state index in [0.717, 1.165) is 8.27 Å². The zero-order valence-corrected chi connectivity index (χ0v) is 12.9. The van der Waals surface area contributed by atoms with Gasteiger partial charge in [-0.2, -0.15) is 0 Å². The van der Waals surface area contributed by atoms with Crippen molar-refractivity contribution in [3.63, 3.8) is 0 Å². The van der Waals surface area contributed by atoms with Crippen molar-refractivity contribution in [3.05, 3.63) is 55.6 Å². The number of aromatic nitrogens is 1. The monoisotopic (exact) mass is 398 g/mol. The van der Waals surface area contributed by atoms with Crippen LogP contribution in [0.15, 0.2) is 41.9 Å². The van der Waals surface area contributed by atoms with Crippen molar-refractivity contribution in [1.82, 2.24) is 4.98 Å². The molecule has 0 aliphatic rings. The first kappa shape index (κ1) is 13.3. The Hall–Kier alpha value is -1.74. The quantitative estimate of drug-likeness (QED) is 0.368. The smallest absolute Gasteiger partial charge is 0.338 e. The summed E-state index contributed by atoms with van der Waals surface area (Å²) in [6.45, 7) is 0. The van der Waals surface area contributed by atoms with E-state index < -0.39 is 4.92 Å². The Balaban J connectivity index is 2.14. The van der Waals surface area contributed by atoms with E-state index in [1.807, 2.05) is 18.2 Å². The number of hydrogen-bond acceptors (Lipinski definition) is 5. The number of nitro benzene ring substituents is 1. The highest BCUT2D eigenvalue weighted by Gasteiger charge is 2.22. The van der Waals surface area contributed by atoms with E-state index in [4.69, 9.17) is 4.74 Å². The fraction of sp³-hybridized carbons (Fsp3) is 0. The number of hydrogen-bond donors (Lipinski definition) is 0. The van der Waals surface area contributed by atoms with Crippen LogP contribution in [0, 0.1) is 13.7 Å². The Morgan fingerprint density at radius 1 is 1.20 bits per heavy atom. The van der Waals surface area contributed by atoms with Crippen LogP contribution < -0.4 is 4.74 Å². The Morgan fingerprint density at radius 3 is 2.75 bits per heavy atom. The topological polar surface area (TPSA) is 65.3 Å². The zero-order valence-electron chi connectivity index (χ0n) is 9.95. The summed E-state index contributed by atoms with van der Waals surface area (Å²) in [5.41, 5.74) is 1.86. The minimum absolute atomic E-state index is 0.0941. The molecule has 0 fully saturated rings. The van der Waals surface area contributed by atoms with Gasteiger partial charge in [0.15, 0.2) is 5.52 Å². The second kappa shape index (κ2) is 5.33. The number of benzene rings is 2. The predicted octanol–water partition coefficient (Wildman–Crippen LogP) is 4.60. The molecule has 1 aromatic heterocycles. The van der Waals surface area contributed by atoms with E-state index in [9.17, 15) is 10.1 Å². The molecular weight excluding hydrogens is 391 g/mol. The lowest BCUT2D eigenvalue weighted by Gasteiger charge is -2.08. The van der Waals surface area contributed by atoms with Crippen LogP contribution in [0.25, 0.3) is 10.2 Å². The zero-order chi connectivity index (χ0) is 14.1. The molecular formula is C13H7IN2O3S. The molecule has 3 aromatic rings. The summed E-state index contributed by atoms with van der Waals surface area (Å²) < 4.78 is 7.35. The molecule has 7 heteroatoms. The first-order chi connectivity index (χ1) is 9.66. The molecule has 0 atom stereocenters. The van der Waals surface area contributed by atoms with Gasteiger partial charge in [0.2, 0.25) is 5.75 Å². The summed E-state index contributed by atoms with van der Waals surface area (Å²) in [5, 5.41) is 11.3. The maximum atomic E-state index is 11.3. The van der Waals surface area contributed by atoms with Gasteiger partial charge >= 0.3 is 5.69 Å². The molecule has 0 bridgehead atoms. The molecule has 5 nitrogen and oxygen atoms in total. The van der Waals surface area contributed by atoms with E-state index in [1.165, 1.54) is 11.3 Å². The highest BCUT2D eigenvalue weighted by Crippen LogP contribution is 2.39. The number of rotatable bonds is 3. The molecule has 0 unspecified atom stereocenters. The van der Waals surface area contributed by atoms with E-state index in [2.05, 4.69) is 27.6 Å². The molecule has 2 aromatic carbocycles. The molecule has 0 N–H and O–H groups in total. The average molecular weight is 398 g/mol. The highest BCUT2D eigenvalue weighted by molar-refractivity contribution is 14.1. The second-order valence-electron chi connectivity index (χ2n) is 3.90. The summed E-state index contributed by atoms with van der Waals surface area (Å²) in [6, 6.07) is 10.8. The maximum absolute atomic E-state index is 11.3. The van der Waals surface area contributed by atoms with Crippen LogP contribution in [0.4, 0.5) is 5.69 Å². The van der Waals surface area contributed by atoms with Crippen molar-refractivity contribution >= 4 is 49.8 Å². The van der Waals surface area contributed by atoms with Crippen molar-refractivity contribution < 1.29 is 9.66 Å². The van der Waals surface area contributed by atoms with E-state index in [0.29, 0.717) is 11.3 Å². The number of ether oxygens (including phenoxy) is 1. The van der Waals surface area contributed by atoms with Gasteiger partial charge < -0.3 is 4.74 Å². The summed E-state index contributed by atoms with van der Waals surface area (Å²) >= 11 is 3.49.